The zero-order valence-electron chi connectivity index (χ0n) is 10.4. The molecule has 2 nitrogen and oxygen atoms in total. The van der Waals surface area contributed by atoms with Gasteiger partial charge in [-0.15, -0.1) is 6.58 Å². The van der Waals surface area contributed by atoms with Crippen molar-refractivity contribution in [3.8, 4) is 6.07 Å². The summed E-state index contributed by atoms with van der Waals surface area (Å²) in [6.07, 6.45) is 10.7. The Labute approximate surface area is 99.3 Å². The molecule has 2 heteroatoms. The number of hydrogen-bond donors (Lipinski definition) is 0. The van der Waals surface area contributed by atoms with E-state index in [9.17, 15) is 5.26 Å². The van der Waals surface area contributed by atoms with Gasteiger partial charge >= 0.3 is 0 Å². The highest BCUT2D eigenvalue weighted by Crippen LogP contribution is 2.33. The lowest BCUT2D eigenvalue weighted by molar-refractivity contribution is -0.0956. The van der Waals surface area contributed by atoms with Crippen LogP contribution in [0.3, 0.4) is 0 Å². The molecular formula is C14H23NO. The van der Waals surface area contributed by atoms with Gasteiger partial charge in [0.2, 0.25) is 0 Å². The molecule has 1 fully saturated rings. The van der Waals surface area contributed by atoms with Gasteiger partial charge in [0.05, 0.1) is 12.2 Å². The maximum Gasteiger partial charge on any atom is 0.157 e. The van der Waals surface area contributed by atoms with Gasteiger partial charge in [0.1, 0.15) is 0 Å². The lowest BCUT2D eigenvalue weighted by Crippen LogP contribution is -2.39. The second-order valence-electron chi connectivity index (χ2n) is 4.73. The minimum Gasteiger partial charge on any atom is -0.357 e. The summed E-state index contributed by atoms with van der Waals surface area (Å²) < 4.78 is 5.98. The molecule has 0 aromatic rings. The summed E-state index contributed by atoms with van der Waals surface area (Å²) in [7, 11) is 0. The van der Waals surface area contributed by atoms with Crippen molar-refractivity contribution in [2.75, 3.05) is 0 Å². The molecule has 2 atom stereocenters. The third-order valence-electron chi connectivity index (χ3n) is 3.31. The molecule has 1 aliphatic rings. The van der Waals surface area contributed by atoms with E-state index >= 15 is 0 Å². The Morgan fingerprint density at radius 3 is 3.00 bits per heavy atom. The molecule has 0 aromatic carbocycles. The normalized spacial score (nSPS) is 29.6. The van der Waals surface area contributed by atoms with Crippen LogP contribution in [0.2, 0.25) is 0 Å². The summed E-state index contributed by atoms with van der Waals surface area (Å²) in [5.41, 5.74) is -0.573. The Balaban J connectivity index is 2.45. The van der Waals surface area contributed by atoms with Gasteiger partial charge in [-0.3, -0.25) is 0 Å². The first-order valence-electron chi connectivity index (χ1n) is 6.46. The fraction of sp³-hybridized carbons (Fsp3) is 0.786. The monoisotopic (exact) mass is 221 g/mol. The van der Waals surface area contributed by atoms with Crippen molar-refractivity contribution >= 4 is 0 Å². The van der Waals surface area contributed by atoms with Crippen LogP contribution in [0, 0.1) is 11.3 Å². The minimum absolute atomic E-state index is 0.292. The van der Waals surface area contributed by atoms with E-state index in [2.05, 4.69) is 19.6 Å². The highest BCUT2D eigenvalue weighted by molar-refractivity contribution is 5.07. The molecule has 1 aliphatic heterocycles. The average Bonchev–Trinajstić information content (AvgIpc) is 2.30. The zero-order chi connectivity index (χ0) is 11.9. The van der Waals surface area contributed by atoms with Gasteiger partial charge in [-0.1, -0.05) is 32.3 Å². The van der Waals surface area contributed by atoms with E-state index in [4.69, 9.17) is 4.74 Å². The van der Waals surface area contributed by atoms with Gasteiger partial charge in [0.25, 0.3) is 0 Å². The van der Waals surface area contributed by atoms with E-state index in [-0.39, 0.29) is 0 Å². The van der Waals surface area contributed by atoms with E-state index in [1.807, 2.05) is 0 Å². The van der Waals surface area contributed by atoms with Gasteiger partial charge in [-0.05, 0) is 25.7 Å². The molecule has 0 saturated carbocycles. The lowest BCUT2D eigenvalue weighted by atomic mass is 9.88. The van der Waals surface area contributed by atoms with E-state index in [1.165, 1.54) is 19.3 Å². The van der Waals surface area contributed by atoms with Crippen LogP contribution in [-0.2, 0) is 4.74 Å². The Morgan fingerprint density at radius 1 is 1.56 bits per heavy atom. The maximum absolute atomic E-state index is 9.24. The van der Waals surface area contributed by atoms with E-state index in [0.29, 0.717) is 12.5 Å². The SMILES string of the molecule is C=CC[C@]1(C#N)CCC[C@H](CCCCC)O1. The predicted octanol–water partition coefficient (Wildman–Crippen LogP) is 3.97. The molecule has 0 N–H and O–H groups in total. The molecule has 0 bridgehead atoms. The van der Waals surface area contributed by atoms with Gasteiger partial charge in [0.15, 0.2) is 5.60 Å². The molecule has 1 heterocycles. The lowest BCUT2D eigenvalue weighted by Gasteiger charge is -2.36. The number of ether oxygens (including phenoxy) is 1. The van der Waals surface area contributed by atoms with E-state index < -0.39 is 5.60 Å². The van der Waals surface area contributed by atoms with Gasteiger partial charge in [0, 0.05) is 6.42 Å². The van der Waals surface area contributed by atoms with Crippen LogP contribution in [-0.4, -0.2) is 11.7 Å². The summed E-state index contributed by atoms with van der Waals surface area (Å²) in [4.78, 5) is 0. The largest absolute Gasteiger partial charge is 0.357 e. The first-order valence-corrected chi connectivity index (χ1v) is 6.46. The molecule has 0 aromatic heterocycles. The van der Waals surface area contributed by atoms with Crippen molar-refractivity contribution in [3.05, 3.63) is 12.7 Å². The quantitative estimate of drug-likeness (QED) is 0.502. The van der Waals surface area contributed by atoms with Crippen molar-refractivity contribution < 1.29 is 4.74 Å². The molecule has 0 unspecified atom stereocenters. The number of nitrogens with zero attached hydrogens (tertiary/aromatic N) is 1. The first-order chi connectivity index (χ1) is 7.76. The number of hydrogen-bond acceptors (Lipinski definition) is 2. The standard InChI is InChI=1S/C14H23NO/c1-3-5-6-8-13-9-7-11-14(12-15,16-13)10-4-2/h4,13H,2-3,5-11H2,1H3/t13-,14+/m0/s1. The number of unbranched alkanes of at least 4 members (excludes halogenated alkanes) is 2. The van der Waals surface area contributed by atoms with Crippen molar-refractivity contribution in [2.24, 2.45) is 0 Å². The molecule has 0 amide bonds. The molecular weight excluding hydrogens is 198 g/mol. The summed E-state index contributed by atoms with van der Waals surface area (Å²) >= 11 is 0. The smallest absolute Gasteiger partial charge is 0.157 e. The van der Waals surface area contributed by atoms with Crippen LogP contribution < -0.4 is 0 Å². The predicted molar refractivity (Wildman–Crippen MR) is 66.0 cm³/mol. The second-order valence-corrected chi connectivity index (χ2v) is 4.73. The van der Waals surface area contributed by atoms with Gasteiger partial charge in [-0.2, -0.15) is 5.26 Å². The van der Waals surface area contributed by atoms with Gasteiger partial charge < -0.3 is 4.74 Å². The minimum atomic E-state index is -0.573. The third-order valence-corrected chi connectivity index (χ3v) is 3.31. The van der Waals surface area contributed by atoms with Crippen LogP contribution in [0.1, 0.15) is 58.3 Å². The summed E-state index contributed by atoms with van der Waals surface area (Å²) in [6, 6.07) is 2.35. The highest BCUT2D eigenvalue weighted by Gasteiger charge is 2.35. The summed E-state index contributed by atoms with van der Waals surface area (Å²) in [5, 5.41) is 9.24. The molecule has 16 heavy (non-hydrogen) atoms. The summed E-state index contributed by atoms with van der Waals surface area (Å²) in [5.74, 6) is 0. The van der Waals surface area contributed by atoms with Crippen LogP contribution in [0.5, 0.6) is 0 Å². The van der Waals surface area contributed by atoms with Crippen molar-refractivity contribution in [1.82, 2.24) is 0 Å². The molecule has 1 saturated heterocycles. The number of nitriles is 1. The topological polar surface area (TPSA) is 33.0 Å². The highest BCUT2D eigenvalue weighted by atomic mass is 16.5. The van der Waals surface area contributed by atoms with Crippen LogP contribution >= 0.6 is 0 Å². The van der Waals surface area contributed by atoms with Crippen LogP contribution in [0.25, 0.3) is 0 Å². The second kappa shape index (κ2) is 6.70. The Kier molecular flexibility index (Phi) is 5.55. The Morgan fingerprint density at radius 2 is 2.38 bits per heavy atom. The molecule has 1 rings (SSSR count). The third kappa shape index (κ3) is 3.64. The average molecular weight is 221 g/mol. The fourth-order valence-corrected chi connectivity index (χ4v) is 2.39. The molecule has 0 spiro atoms. The van der Waals surface area contributed by atoms with Crippen molar-refractivity contribution in [3.63, 3.8) is 0 Å². The molecule has 0 radical (unpaired) electrons. The molecule has 0 aliphatic carbocycles. The first kappa shape index (κ1) is 13.3. The zero-order valence-corrected chi connectivity index (χ0v) is 10.4. The summed E-state index contributed by atoms with van der Waals surface area (Å²) in [6.45, 7) is 5.92. The van der Waals surface area contributed by atoms with Crippen LogP contribution in [0.15, 0.2) is 12.7 Å². The Bertz CT molecular complexity index is 256. The van der Waals surface area contributed by atoms with Crippen molar-refractivity contribution in [1.29, 1.82) is 5.26 Å². The van der Waals surface area contributed by atoms with Crippen LogP contribution in [0.4, 0.5) is 0 Å². The Hall–Kier alpha value is -0.810. The van der Waals surface area contributed by atoms with Crippen molar-refractivity contribution in [2.45, 2.75) is 70.0 Å². The fourth-order valence-electron chi connectivity index (χ4n) is 2.39. The van der Waals surface area contributed by atoms with E-state index in [1.54, 1.807) is 6.08 Å². The number of rotatable bonds is 6. The maximum atomic E-state index is 9.24. The van der Waals surface area contributed by atoms with Gasteiger partial charge in [-0.25, -0.2) is 0 Å². The van der Waals surface area contributed by atoms with E-state index in [0.717, 1.165) is 25.7 Å². The molecule has 90 valence electrons.